The summed E-state index contributed by atoms with van der Waals surface area (Å²) in [4.78, 5) is 11.7. The van der Waals surface area contributed by atoms with Gasteiger partial charge in [0.2, 0.25) is 0 Å². The average molecular weight is 253 g/mol. The molecule has 0 heterocycles. The molecule has 0 saturated heterocycles. The first-order valence-electron chi connectivity index (χ1n) is 5.87. The second-order valence-corrected chi connectivity index (χ2v) is 5.69. The maximum atomic E-state index is 13.1. The van der Waals surface area contributed by atoms with E-state index in [9.17, 15) is 9.18 Å². The number of rotatable bonds is 3. The number of hydrogen-bond donors (Lipinski definition) is 1. The lowest BCUT2D eigenvalue weighted by atomic mass is 9.90. The van der Waals surface area contributed by atoms with E-state index >= 15 is 0 Å². The molecule has 4 heteroatoms. The van der Waals surface area contributed by atoms with Gasteiger partial charge >= 0.3 is 5.97 Å². The first-order valence-corrected chi connectivity index (χ1v) is 5.87. The minimum absolute atomic E-state index is 0.00766. The Morgan fingerprint density at radius 1 is 1.33 bits per heavy atom. The van der Waals surface area contributed by atoms with Crippen LogP contribution < -0.4 is 5.73 Å². The third kappa shape index (κ3) is 4.45. The summed E-state index contributed by atoms with van der Waals surface area (Å²) in [5.41, 5.74) is 5.15. The van der Waals surface area contributed by atoms with Crippen LogP contribution in [0.3, 0.4) is 0 Å². The van der Waals surface area contributed by atoms with Crippen LogP contribution in [-0.4, -0.2) is 11.6 Å². The van der Waals surface area contributed by atoms with E-state index in [1.54, 1.807) is 39.8 Å². The Morgan fingerprint density at radius 3 is 2.44 bits per heavy atom. The smallest absolute Gasteiger partial charge is 0.308 e. The molecular weight excluding hydrogens is 233 g/mol. The van der Waals surface area contributed by atoms with Crippen LogP contribution in [0.4, 0.5) is 4.39 Å². The summed E-state index contributed by atoms with van der Waals surface area (Å²) < 4.78 is 18.3. The summed E-state index contributed by atoms with van der Waals surface area (Å²) >= 11 is 0. The molecule has 0 radical (unpaired) electrons. The second-order valence-electron chi connectivity index (χ2n) is 5.69. The van der Waals surface area contributed by atoms with Gasteiger partial charge in [-0.25, -0.2) is 4.39 Å². The number of carbonyl (C=O) groups excluding carboxylic acids is 1. The zero-order chi connectivity index (χ0) is 14.0. The summed E-state index contributed by atoms with van der Waals surface area (Å²) in [5.74, 6) is -0.759. The molecule has 0 spiro atoms. The van der Waals surface area contributed by atoms with E-state index in [0.717, 1.165) is 0 Å². The quantitative estimate of drug-likeness (QED) is 0.843. The zero-order valence-electron chi connectivity index (χ0n) is 11.3. The third-order valence-electron chi connectivity index (χ3n) is 2.42. The van der Waals surface area contributed by atoms with E-state index in [-0.39, 0.29) is 12.2 Å². The van der Waals surface area contributed by atoms with Gasteiger partial charge in [-0.15, -0.1) is 0 Å². The van der Waals surface area contributed by atoms with E-state index < -0.39 is 17.1 Å². The molecule has 0 bridgehead atoms. The van der Waals surface area contributed by atoms with E-state index in [2.05, 4.69) is 0 Å². The number of benzene rings is 1. The fraction of sp³-hybridized carbons (Fsp3) is 0.500. The van der Waals surface area contributed by atoms with Crippen molar-refractivity contribution in [1.29, 1.82) is 0 Å². The fourth-order valence-electron chi connectivity index (χ4n) is 1.62. The molecule has 0 amide bonds. The molecule has 18 heavy (non-hydrogen) atoms. The Labute approximate surface area is 107 Å². The second kappa shape index (κ2) is 5.06. The maximum Gasteiger partial charge on any atom is 0.308 e. The highest BCUT2D eigenvalue weighted by Crippen LogP contribution is 2.24. The number of hydrogen-bond acceptors (Lipinski definition) is 3. The predicted octanol–water partition coefficient (Wildman–Crippen LogP) is 2.73. The Kier molecular flexibility index (Phi) is 4.12. The molecule has 1 atom stereocenters. The molecule has 0 fully saturated rings. The van der Waals surface area contributed by atoms with Gasteiger partial charge in [-0.05, 0) is 45.4 Å². The SMILES string of the molecule is CC(C)(C)OC(=O)CC(C)(N)c1cccc(F)c1. The van der Waals surface area contributed by atoms with Gasteiger partial charge in [0.05, 0.1) is 6.42 Å². The predicted molar refractivity (Wildman–Crippen MR) is 68.4 cm³/mol. The molecule has 0 aliphatic rings. The van der Waals surface area contributed by atoms with Crippen molar-refractivity contribution >= 4 is 5.97 Å². The molecule has 1 unspecified atom stereocenters. The third-order valence-corrected chi connectivity index (χ3v) is 2.42. The highest BCUT2D eigenvalue weighted by molar-refractivity contribution is 5.71. The highest BCUT2D eigenvalue weighted by Gasteiger charge is 2.28. The molecule has 1 aromatic rings. The van der Waals surface area contributed by atoms with Crippen molar-refractivity contribution in [3.05, 3.63) is 35.6 Å². The van der Waals surface area contributed by atoms with Crippen molar-refractivity contribution in [2.24, 2.45) is 5.73 Å². The van der Waals surface area contributed by atoms with Gasteiger partial charge in [0.25, 0.3) is 0 Å². The zero-order valence-corrected chi connectivity index (χ0v) is 11.3. The minimum atomic E-state index is -0.940. The van der Waals surface area contributed by atoms with Crippen molar-refractivity contribution in [3.63, 3.8) is 0 Å². The van der Waals surface area contributed by atoms with E-state index in [1.165, 1.54) is 12.1 Å². The van der Waals surface area contributed by atoms with Gasteiger partial charge < -0.3 is 10.5 Å². The average Bonchev–Trinajstić information content (AvgIpc) is 2.13. The highest BCUT2D eigenvalue weighted by atomic mass is 19.1. The van der Waals surface area contributed by atoms with Crippen molar-refractivity contribution in [2.75, 3.05) is 0 Å². The van der Waals surface area contributed by atoms with Gasteiger partial charge in [0.1, 0.15) is 11.4 Å². The van der Waals surface area contributed by atoms with Gasteiger partial charge in [0, 0.05) is 5.54 Å². The Bertz CT molecular complexity index is 436. The molecule has 0 aliphatic carbocycles. The number of carbonyl (C=O) groups is 1. The lowest BCUT2D eigenvalue weighted by molar-refractivity contribution is -0.156. The summed E-state index contributed by atoms with van der Waals surface area (Å²) in [7, 11) is 0. The van der Waals surface area contributed by atoms with Crippen molar-refractivity contribution in [3.8, 4) is 0 Å². The van der Waals surface area contributed by atoms with Gasteiger partial charge in [-0.1, -0.05) is 12.1 Å². The topological polar surface area (TPSA) is 52.3 Å². The number of halogens is 1. The van der Waals surface area contributed by atoms with Crippen LogP contribution in [0.2, 0.25) is 0 Å². The Morgan fingerprint density at radius 2 is 1.94 bits per heavy atom. The van der Waals surface area contributed by atoms with Crippen LogP contribution in [0.5, 0.6) is 0 Å². The van der Waals surface area contributed by atoms with E-state index in [0.29, 0.717) is 5.56 Å². The van der Waals surface area contributed by atoms with Crippen molar-refractivity contribution in [2.45, 2.75) is 45.3 Å². The first kappa shape index (κ1) is 14.6. The molecule has 1 rings (SSSR count). The number of esters is 1. The summed E-state index contributed by atoms with van der Waals surface area (Å²) in [6.07, 6.45) is 0.00766. The van der Waals surface area contributed by atoms with Crippen LogP contribution in [-0.2, 0) is 15.1 Å². The number of ether oxygens (including phenoxy) is 1. The van der Waals surface area contributed by atoms with E-state index in [4.69, 9.17) is 10.5 Å². The van der Waals surface area contributed by atoms with E-state index in [1.807, 2.05) is 0 Å². The normalized spacial score (nSPS) is 15.0. The largest absolute Gasteiger partial charge is 0.460 e. The Hall–Kier alpha value is -1.42. The van der Waals surface area contributed by atoms with Crippen molar-refractivity contribution in [1.82, 2.24) is 0 Å². The molecular formula is C14H20FNO2. The lowest BCUT2D eigenvalue weighted by Crippen LogP contribution is -2.38. The van der Waals surface area contributed by atoms with Crippen LogP contribution in [0.25, 0.3) is 0 Å². The van der Waals surface area contributed by atoms with Crippen LogP contribution >= 0.6 is 0 Å². The molecule has 0 aliphatic heterocycles. The van der Waals surface area contributed by atoms with Crippen LogP contribution in [0.15, 0.2) is 24.3 Å². The Balaban J connectivity index is 2.79. The molecule has 0 saturated carbocycles. The molecule has 1 aromatic carbocycles. The first-order chi connectivity index (χ1) is 8.10. The molecule has 3 nitrogen and oxygen atoms in total. The van der Waals surface area contributed by atoms with Gasteiger partial charge in [0.15, 0.2) is 0 Å². The standard InChI is InChI=1S/C14H20FNO2/c1-13(2,3)18-12(17)9-14(4,16)10-6-5-7-11(15)8-10/h5-8H,9,16H2,1-4H3. The lowest BCUT2D eigenvalue weighted by Gasteiger charge is -2.27. The summed E-state index contributed by atoms with van der Waals surface area (Å²) in [6.45, 7) is 7.06. The van der Waals surface area contributed by atoms with Gasteiger partial charge in [-0.2, -0.15) is 0 Å². The van der Waals surface area contributed by atoms with Gasteiger partial charge in [-0.3, -0.25) is 4.79 Å². The summed E-state index contributed by atoms with van der Waals surface area (Å²) in [5, 5.41) is 0. The monoisotopic (exact) mass is 253 g/mol. The summed E-state index contributed by atoms with van der Waals surface area (Å²) in [6, 6.07) is 5.95. The molecule has 2 N–H and O–H groups in total. The van der Waals surface area contributed by atoms with Crippen molar-refractivity contribution < 1.29 is 13.9 Å². The number of nitrogens with two attached hydrogens (primary N) is 1. The maximum absolute atomic E-state index is 13.1. The van der Waals surface area contributed by atoms with Crippen LogP contribution in [0.1, 0.15) is 39.7 Å². The fourth-order valence-corrected chi connectivity index (χ4v) is 1.62. The van der Waals surface area contributed by atoms with Crippen LogP contribution in [0, 0.1) is 5.82 Å². The minimum Gasteiger partial charge on any atom is -0.460 e. The molecule has 0 aromatic heterocycles. The molecule has 100 valence electrons.